The number of fused-ring (bicyclic) bond motifs is 1. The first-order chi connectivity index (χ1) is 17.7. The second-order valence-electron chi connectivity index (χ2n) is 9.65. The zero-order valence-corrected chi connectivity index (χ0v) is 21.2. The van der Waals surface area contributed by atoms with Crippen molar-refractivity contribution >= 4 is 23.6 Å². The van der Waals surface area contributed by atoms with Gasteiger partial charge < -0.3 is 40.0 Å². The predicted molar refractivity (Wildman–Crippen MR) is 140 cm³/mol. The minimum atomic E-state index is -0.360. The Morgan fingerprint density at radius 1 is 0.556 bits per heavy atom. The van der Waals surface area contributed by atoms with Gasteiger partial charge >= 0.3 is 0 Å². The first kappa shape index (κ1) is 26.8. The Morgan fingerprint density at radius 3 is 1.19 bits per heavy atom. The van der Waals surface area contributed by atoms with Crippen LogP contribution >= 0.6 is 0 Å². The topological polar surface area (TPSA) is 143 Å². The Labute approximate surface area is 213 Å². The summed E-state index contributed by atoms with van der Waals surface area (Å²) in [6.45, 7) is 4.67. The lowest BCUT2D eigenvalue weighted by Crippen LogP contribution is -2.58. The van der Waals surface area contributed by atoms with Crippen LogP contribution in [0.2, 0.25) is 0 Å². The summed E-state index contributed by atoms with van der Waals surface area (Å²) in [4.78, 5) is 28.3. The van der Waals surface area contributed by atoms with Crippen molar-refractivity contribution < 1.29 is 20.4 Å². The van der Waals surface area contributed by atoms with E-state index >= 15 is 0 Å². The molecule has 2 atom stereocenters. The summed E-state index contributed by atoms with van der Waals surface area (Å²) in [5, 5.41) is 38.6. The third kappa shape index (κ3) is 6.16. The van der Waals surface area contributed by atoms with Crippen molar-refractivity contribution in [2.45, 2.75) is 50.6 Å². The molecule has 0 amide bonds. The van der Waals surface area contributed by atoms with Gasteiger partial charge in [-0.05, 0) is 38.5 Å². The number of aliphatic hydroxyl groups is 4. The lowest BCUT2D eigenvalue weighted by atomic mass is 9.99. The Balaban J connectivity index is 1.78. The van der Waals surface area contributed by atoms with Gasteiger partial charge in [0.25, 0.3) is 0 Å². The molecule has 0 aromatic heterocycles. The molecule has 0 spiro atoms. The summed E-state index contributed by atoms with van der Waals surface area (Å²) in [6, 6.07) is -0.720. The minimum absolute atomic E-state index is 0.0612. The average Bonchev–Trinajstić information content (AvgIpc) is 2.92. The molecule has 0 unspecified atom stereocenters. The molecule has 202 valence electrons. The van der Waals surface area contributed by atoms with Crippen LogP contribution in [0.1, 0.15) is 38.5 Å². The SMILES string of the molecule is OCCN(CCO)C1=N[C@H]2C(N3CCCCC3)=NC(N(CCO)CCO)=N[C@H]2C(N2CCCCC2)=N1. The number of rotatable bonds is 8. The highest BCUT2D eigenvalue weighted by Gasteiger charge is 2.43. The fraction of sp³-hybridized carbons (Fsp3) is 0.833. The molecule has 0 bridgehead atoms. The number of guanidine groups is 2. The highest BCUT2D eigenvalue weighted by Crippen LogP contribution is 2.27. The number of hydrogen-bond donors (Lipinski definition) is 4. The maximum absolute atomic E-state index is 9.66. The van der Waals surface area contributed by atoms with E-state index in [-0.39, 0.29) is 38.5 Å². The van der Waals surface area contributed by atoms with E-state index in [0.717, 1.165) is 63.5 Å². The molecule has 4 rings (SSSR count). The molecule has 4 N–H and O–H groups in total. The fourth-order valence-electron chi connectivity index (χ4n) is 5.36. The van der Waals surface area contributed by atoms with Gasteiger partial charge in [0.05, 0.1) is 26.4 Å². The highest BCUT2D eigenvalue weighted by molar-refractivity contribution is 6.11. The van der Waals surface area contributed by atoms with Gasteiger partial charge in [-0.3, -0.25) is 0 Å². The summed E-state index contributed by atoms with van der Waals surface area (Å²) in [7, 11) is 0. The van der Waals surface area contributed by atoms with Crippen molar-refractivity contribution in [2.75, 3.05) is 78.8 Å². The third-order valence-electron chi connectivity index (χ3n) is 7.17. The molecule has 0 aliphatic carbocycles. The molecule has 12 nitrogen and oxygen atoms in total. The monoisotopic (exact) mass is 506 g/mol. The minimum Gasteiger partial charge on any atom is -0.395 e. The van der Waals surface area contributed by atoms with Crippen LogP contribution in [-0.4, -0.2) is 154 Å². The lowest BCUT2D eigenvalue weighted by Gasteiger charge is -2.42. The van der Waals surface area contributed by atoms with Gasteiger partial charge in [0, 0.05) is 52.4 Å². The highest BCUT2D eigenvalue weighted by atomic mass is 16.3. The van der Waals surface area contributed by atoms with Crippen LogP contribution in [0, 0.1) is 0 Å². The summed E-state index contributed by atoms with van der Waals surface area (Å²) >= 11 is 0. The average molecular weight is 507 g/mol. The van der Waals surface area contributed by atoms with E-state index in [0.29, 0.717) is 38.1 Å². The molecule has 0 radical (unpaired) electrons. The van der Waals surface area contributed by atoms with Crippen LogP contribution in [0.3, 0.4) is 0 Å². The Hall–Kier alpha value is -2.28. The standard InChI is InChI=1S/C24H42N8O4/c33-15-11-31(12-16-34)23-26-20-19(21(27-23)29-7-3-1-4-8-29)25-24(32(13-17-35)14-18-36)28-22(20)30-9-5-2-6-10-30/h19-20,33-36H,1-18H2/t19-,20-/m1/s1. The maximum atomic E-state index is 9.66. The van der Waals surface area contributed by atoms with Crippen molar-refractivity contribution in [3.05, 3.63) is 0 Å². The number of amidine groups is 2. The molecule has 4 aliphatic rings. The molecule has 4 aliphatic heterocycles. The molecular formula is C24H42N8O4. The van der Waals surface area contributed by atoms with E-state index in [2.05, 4.69) is 9.80 Å². The van der Waals surface area contributed by atoms with Crippen LogP contribution in [0.25, 0.3) is 0 Å². The van der Waals surface area contributed by atoms with Crippen LogP contribution in [0.5, 0.6) is 0 Å². The van der Waals surface area contributed by atoms with E-state index in [1.165, 1.54) is 12.8 Å². The summed E-state index contributed by atoms with van der Waals surface area (Å²) in [5.41, 5.74) is 0. The normalized spacial score (nSPS) is 24.4. The fourth-order valence-corrected chi connectivity index (χ4v) is 5.36. The zero-order valence-electron chi connectivity index (χ0n) is 21.2. The van der Waals surface area contributed by atoms with Crippen LogP contribution in [0.15, 0.2) is 20.0 Å². The molecule has 2 fully saturated rings. The van der Waals surface area contributed by atoms with Crippen molar-refractivity contribution in [3.8, 4) is 0 Å². The Morgan fingerprint density at radius 2 is 0.889 bits per heavy atom. The van der Waals surface area contributed by atoms with Gasteiger partial charge in [0.15, 0.2) is 0 Å². The number of nitrogens with zero attached hydrogens (tertiary/aromatic N) is 8. The van der Waals surface area contributed by atoms with Crippen LogP contribution < -0.4 is 0 Å². The zero-order chi connectivity index (χ0) is 25.3. The second-order valence-corrected chi connectivity index (χ2v) is 9.65. The van der Waals surface area contributed by atoms with Gasteiger partial charge in [-0.15, -0.1) is 0 Å². The van der Waals surface area contributed by atoms with Crippen molar-refractivity contribution in [3.63, 3.8) is 0 Å². The van der Waals surface area contributed by atoms with E-state index in [1.54, 1.807) is 0 Å². The van der Waals surface area contributed by atoms with Crippen molar-refractivity contribution in [2.24, 2.45) is 20.0 Å². The summed E-state index contributed by atoms with van der Waals surface area (Å²) in [6.07, 6.45) is 6.73. The molecule has 12 heteroatoms. The maximum Gasteiger partial charge on any atom is 0.223 e. The molecule has 0 saturated carbocycles. The smallest absolute Gasteiger partial charge is 0.223 e. The first-order valence-corrected chi connectivity index (χ1v) is 13.5. The summed E-state index contributed by atoms with van der Waals surface area (Å²) < 4.78 is 0. The molecule has 0 aromatic rings. The number of hydrogen-bond acceptors (Lipinski definition) is 12. The molecule has 2 saturated heterocycles. The van der Waals surface area contributed by atoms with E-state index < -0.39 is 0 Å². The predicted octanol–water partition coefficient (Wildman–Crippen LogP) is -1.20. The van der Waals surface area contributed by atoms with E-state index in [9.17, 15) is 20.4 Å². The van der Waals surface area contributed by atoms with Gasteiger partial charge in [-0.2, -0.15) is 9.98 Å². The van der Waals surface area contributed by atoms with Gasteiger partial charge in [-0.1, -0.05) is 0 Å². The van der Waals surface area contributed by atoms with Crippen molar-refractivity contribution in [1.82, 2.24) is 19.6 Å². The number of piperidine rings is 2. The van der Waals surface area contributed by atoms with Gasteiger partial charge in [0.1, 0.15) is 23.8 Å². The second kappa shape index (κ2) is 13.3. The number of aliphatic imine (C=N–C) groups is 4. The number of aliphatic hydroxyl groups excluding tert-OH is 4. The summed E-state index contributed by atoms with van der Waals surface area (Å²) in [5.74, 6) is 2.71. The van der Waals surface area contributed by atoms with Crippen LogP contribution in [0.4, 0.5) is 0 Å². The third-order valence-corrected chi connectivity index (χ3v) is 7.17. The molecule has 36 heavy (non-hydrogen) atoms. The molecular weight excluding hydrogens is 464 g/mol. The van der Waals surface area contributed by atoms with E-state index in [4.69, 9.17) is 20.0 Å². The van der Waals surface area contributed by atoms with Gasteiger partial charge in [0.2, 0.25) is 11.9 Å². The Kier molecular flexibility index (Phi) is 9.90. The Bertz CT molecular complexity index is 756. The largest absolute Gasteiger partial charge is 0.395 e. The molecule has 4 heterocycles. The number of likely N-dealkylation sites (tertiary alicyclic amines) is 2. The molecule has 0 aromatic carbocycles. The quantitative estimate of drug-likeness (QED) is 0.322. The van der Waals surface area contributed by atoms with E-state index in [1.807, 2.05) is 9.80 Å². The van der Waals surface area contributed by atoms with Crippen molar-refractivity contribution in [1.29, 1.82) is 0 Å². The first-order valence-electron chi connectivity index (χ1n) is 13.5. The lowest BCUT2D eigenvalue weighted by molar-refractivity contribution is 0.208. The van der Waals surface area contributed by atoms with Gasteiger partial charge in [-0.25, -0.2) is 9.98 Å². The van der Waals surface area contributed by atoms with Crippen LogP contribution in [-0.2, 0) is 0 Å².